The van der Waals surface area contributed by atoms with Crippen LogP contribution in [0.3, 0.4) is 0 Å². The third-order valence-electron chi connectivity index (χ3n) is 3.46. The molecule has 0 aliphatic carbocycles. The van der Waals surface area contributed by atoms with Gasteiger partial charge in [-0.1, -0.05) is 18.2 Å². The second-order valence-corrected chi connectivity index (χ2v) is 4.92. The number of amides is 1. The van der Waals surface area contributed by atoms with E-state index in [1.165, 1.54) is 0 Å². The van der Waals surface area contributed by atoms with Gasteiger partial charge in [0.1, 0.15) is 0 Å². The normalized spacial score (nSPS) is 15.1. The van der Waals surface area contributed by atoms with Crippen LogP contribution in [-0.4, -0.2) is 33.7 Å². The van der Waals surface area contributed by atoms with E-state index >= 15 is 0 Å². The number of aromatic nitrogens is 2. The van der Waals surface area contributed by atoms with Crippen molar-refractivity contribution in [3.05, 3.63) is 54.4 Å². The van der Waals surface area contributed by atoms with Crippen LogP contribution in [0.1, 0.15) is 18.4 Å². The van der Waals surface area contributed by atoms with E-state index in [1.54, 1.807) is 17.0 Å². The Morgan fingerprint density at radius 1 is 1.15 bits per heavy atom. The lowest BCUT2D eigenvalue weighted by atomic mass is 10.3. The molecular weight excluding hydrogens is 250 g/mol. The Bertz CT molecular complexity index is 610. The summed E-state index contributed by atoms with van der Waals surface area (Å²) in [7, 11) is 0. The van der Waals surface area contributed by atoms with Gasteiger partial charge in [-0.05, 0) is 31.1 Å². The topological polar surface area (TPSA) is 38.1 Å². The van der Waals surface area contributed by atoms with Crippen LogP contribution >= 0.6 is 0 Å². The fraction of sp³-hybridized carbons (Fsp3) is 0.250. The molecule has 4 heteroatoms. The molecule has 0 saturated carbocycles. The Balaban J connectivity index is 1.69. The Labute approximate surface area is 118 Å². The van der Waals surface area contributed by atoms with Crippen LogP contribution in [0.5, 0.6) is 0 Å². The average Bonchev–Trinajstić information content (AvgIpc) is 3.17. The monoisotopic (exact) mass is 267 g/mol. The fourth-order valence-electron chi connectivity index (χ4n) is 2.36. The zero-order chi connectivity index (χ0) is 13.8. The first kappa shape index (κ1) is 12.7. The van der Waals surface area contributed by atoms with E-state index < -0.39 is 0 Å². The zero-order valence-electron chi connectivity index (χ0n) is 11.3. The molecular formula is C16H17N3O. The van der Waals surface area contributed by atoms with Crippen molar-refractivity contribution in [3.63, 3.8) is 0 Å². The van der Waals surface area contributed by atoms with Gasteiger partial charge >= 0.3 is 0 Å². The smallest absolute Gasteiger partial charge is 0.246 e. The molecule has 4 nitrogen and oxygen atoms in total. The van der Waals surface area contributed by atoms with E-state index in [2.05, 4.69) is 5.10 Å². The summed E-state index contributed by atoms with van der Waals surface area (Å²) in [5.74, 6) is 0.0926. The predicted octanol–water partition coefficient (Wildman–Crippen LogP) is 2.51. The van der Waals surface area contributed by atoms with Crippen LogP contribution in [0, 0.1) is 0 Å². The molecule has 1 amide bonds. The van der Waals surface area contributed by atoms with E-state index in [1.807, 2.05) is 47.5 Å². The van der Waals surface area contributed by atoms with Crippen LogP contribution in [-0.2, 0) is 4.79 Å². The van der Waals surface area contributed by atoms with Crippen molar-refractivity contribution in [1.82, 2.24) is 14.7 Å². The lowest BCUT2D eigenvalue weighted by Crippen LogP contribution is -2.25. The summed E-state index contributed by atoms with van der Waals surface area (Å²) in [6.45, 7) is 1.76. The molecule has 2 aromatic rings. The van der Waals surface area contributed by atoms with Crippen molar-refractivity contribution < 1.29 is 4.79 Å². The highest BCUT2D eigenvalue weighted by Crippen LogP contribution is 2.11. The van der Waals surface area contributed by atoms with Gasteiger partial charge in [-0.2, -0.15) is 5.10 Å². The van der Waals surface area contributed by atoms with E-state index in [4.69, 9.17) is 0 Å². The Hall–Kier alpha value is -2.36. The van der Waals surface area contributed by atoms with Gasteiger partial charge in [-0.25, -0.2) is 4.68 Å². The molecule has 102 valence electrons. The van der Waals surface area contributed by atoms with Crippen LogP contribution in [0.15, 0.2) is 48.8 Å². The van der Waals surface area contributed by atoms with Gasteiger partial charge in [0.05, 0.1) is 11.9 Å². The molecule has 1 aliphatic heterocycles. The highest BCUT2D eigenvalue weighted by molar-refractivity contribution is 5.91. The molecule has 3 rings (SSSR count). The maximum atomic E-state index is 11.9. The predicted molar refractivity (Wildman–Crippen MR) is 78.4 cm³/mol. The fourth-order valence-corrected chi connectivity index (χ4v) is 2.36. The number of hydrogen-bond acceptors (Lipinski definition) is 2. The summed E-state index contributed by atoms with van der Waals surface area (Å²) in [6.07, 6.45) is 9.38. The summed E-state index contributed by atoms with van der Waals surface area (Å²) < 4.78 is 1.81. The molecule has 0 N–H and O–H groups in total. The molecule has 0 unspecified atom stereocenters. The third kappa shape index (κ3) is 2.79. The number of para-hydroxylation sites is 1. The van der Waals surface area contributed by atoms with Crippen LogP contribution in [0.2, 0.25) is 0 Å². The molecule has 1 saturated heterocycles. The molecule has 20 heavy (non-hydrogen) atoms. The molecule has 0 radical (unpaired) electrons. The van der Waals surface area contributed by atoms with Gasteiger partial charge in [0.2, 0.25) is 5.91 Å². The minimum atomic E-state index is 0.0926. The van der Waals surface area contributed by atoms with Gasteiger partial charge in [-0.15, -0.1) is 0 Å². The maximum Gasteiger partial charge on any atom is 0.246 e. The number of carbonyl (C=O) groups excluding carboxylic acids is 1. The van der Waals surface area contributed by atoms with E-state index in [0.29, 0.717) is 0 Å². The van der Waals surface area contributed by atoms with Crippen molar-refractivity contribution in [1.29, 1.82) is 0 Å². The molecule has 1 aromatic heterocycles. The molecule has 0 bridgehead atoms. The van der Waals surface area contributed by atoms with E-state index in [-0.39, 0.29) is 5.91 Å². The molecule has 2 heterocycles. The molecule has 0 atom stereocenters. The number of nitrogens with zero attached hydrogens (tertiary/aromatic N) is 3. The van der Waals surface area contributed by atoms with Crippen molar-refractivity contribution >= 4 is 12.0 Å². The van der Waals surface area contributed by atoms with Gasteiger partial charge < -0.3 is 4.90 Å². The Morgan fingerprint density at radius 2 is 1.90 bits per heavy atom. The second kappa shape index (κ2) is 5.74. The second-order valence-electron chi connectivity index (χ2n) is 4.92. The van der Waals surface area contributed by atoms with Gasteiger partial charge in [0, 0.05) is 30.9 Å². The minimum absolute atomic E-state index is 0.0926. The first-order chi connectivity index (χ1) is 9.83. The lowest BCUT2D eigenvalue weighted by molar-refractivity contribution is -0.124. The van der Waals surface area contributed by atoms with Crippen molar-refractivity contribution in [2.45, 2.75) is 12.8 Å². The average molecular weight is 267 g/mol. The quantitative estimate of drug-likeness (QED) is 0.801. The number of rotatable bonds is 3. The number of carbonyl (C=O) groups is 1. The minimum Gasteiger partial charge on any atom is -0.339 e. The number of likely N-dealkylation sites (tertiary alicyclic amines) is 1. The Morgan fingerprint density at radius 3 is 2.65 bits per heavy atom. The lowest BCUT2D eigenvalue weighted by Gasteiger charge is -2.11. The highest BCUT2D eigenvalue weighted by atomic mass is 16.2. The molecule has 1 aliphatic rings. The number of hydrogen-bond donors (Lipinski definition) is 0. The molecule has 1 aromatic carbocycles. The van der Waals surface area contributed by atoms with Crippen molar-refractivity contribution in [3.8, 4) is 5.69 Å². The zero-order valence-corrected chi connectivity index (χ0v) is 11.3. The van der Waals surface area contributed by atoms with Crippen LogP contribution in [0.25, 0.3) is 11.8 Å². The Kier molecular flexibility index (Phi) is 3.63. The molecule has 0 spiro atoms. The van der Waals surface area contributed by atoms with Crippen LogP contribution in [0.4, 0.5) is 0 Å². The van der Waals surface area contributed by atoms with E-state index in [9.17, 15) is 4.79 Å². The number of benzene rings is 1. The highest BCUT2D eigenvalue weighted by Gasteiger charge is 2.14. The largest absolute Gasteiger partial charge is 0.339 e. The summed E-state index contributed by atoms with van der Waals surface area (Å²) in [5.41, 5.74) is 1.94. The third-order valence-corrected chi connectivity index (χ3v) is 3.46. The van der Waals surface area contributed by atoms with Crippen molar-refractivity contribution in [2.75, 3.05) is 13.1 Å². The summed E-state index contributed by atoms with van der Waals surface area (Å²) >= 11 is 0. The summed E-state index contributed by atoms with van der Waals surface area (Å²) in [5, 5.41) is 4.30. The van der Waals surface area contributed by atoms with Gasteiger partial charge in [0.25, 0.3) is 0 Å². The first-order valence-corrected chi connectivity index (χ1v) is 6.90. The molecule has 1 fully saturated rings. The first-order valence-electron chi connectivity index (χ1n) is 6.90. The maximum absolute atomic E-state index is 11.9. The van der Waals surface area contributed by atoms with Gasteiger partial charge in [0.15, 0.2) is 0 Å². The van der Waals surface area contributed by atoms with Gasteiger partial charge in [-0.3, -0.25) is 4.79 Å². The summed E-state index contributed by atoms with van der Waals surface area (Å²) in [6, 6.07) is 9.92. The van der Waals surface area contributed by atoms with Crippen LogP contribution < -0.4 is 0 Å². The SMILES string of the molecule is O=C(/C=C/c1cnn(-c2ccccc2)c1)N1CCCC1. The van der Waals surface area contributed by atoms with Crippen molar-refractivity contribution in [2.24, 2.45) is 0 Å². The van der Waals surface area contributed by atoms with E-state index in [0.717, 1.165) is 37.2 Å². The summed E-state index contributed by atoms with van der Waals surface area (Å²) in [4.78, 5) is 13.8. The standard InChI is InChI=1S/C16H17N3O/c20-16(18-10-4-5-11-18)9-8-14-12-17-19(13-14)15-6-2-1-3-7-15/h1-3,6-9,12-13H,4-5,10-11H2/b9-8+.